The normalized spacial score (nSPS) is 18.1. The molecule has 0 saturated heterocycles. The topological polar surface area (TPSA) is 55.8 Å². The van der Waals surface area contributed by atoms with Crippen molar-refractivity contribution < 1.29 is 13.5 Å². The fraction of sp³-hybridized carbons (Fsp3) is 0.375. The molecule has 124 valence electrons. The zero-order chi connectivity index (χ0) is 16.4. The summed E-state index contributed by atoms with van der Waals surface area (Å²) in [5.41, 5.74) is 2.32. The van der Waals surface area contributed by atoms with E-state index in [1.807, 2.05) is 6.07 Å². The molecule has 7 heteroatoms. The highest BCUT2D eigenvalue weighted by molar-refractivity contribution is 7.95. The van der Waals surface area contributed by atoms with Crippen LogP contribution in [0.3, 0.4) is 0 Å². The van der Waals surface area contributed by atoms with E-state index >= 15 is 0 Å². The van der Waals surface area contributed by atoms with Crippen molar-refractivity contribution in [2.24, 2.45) is 0 Å². The van der Waals surface area contributed by atoms with Gasteiger partial charge in [0.05, 0.1) is 0 Å². The average molecular weight is 352 g/mol. The fourth-order valence-corrected chi connectivity index (χ4v) is 4.13. The summed E-state index contributed by atoms with van der Waals surface area (Å²) in [6.45, 7) is 3.01. The van der Waals surface area contributed by atoms with E-state index < -0.39 is 10.4 Å². The Bertz CT molecular complexity index is 716. The van der Waals surface area contributed by atoms with Gasteiger partial charge < -0.3 is 9.29 Å². The summed E-state index contributed by atoms with van der Waals surface area (Å²) >= 11 is 1.70. The molecule has 3 rings (SSSR count). The van der Waals surface area contributed by atoms with Crippen molar-refractivity contribution in [3.63, 3.8) is 0 Å². The van der Waals surface area contributed by atoms with Crippen LogP contribution in [0.1, 0.15) is 11.1 Å². The third-order valence-electron chi connectivity index (χ3n) is 3.86. The zero-order valence-electron chi connectivity index (χ0n) is 13.2. The Morgan fingerprint density at radius 2 is 2.22 bits per heavy atom. The summed E-state index contributed by atoms with van der Waals surface area (Å²) in [6.07, 6.45) is 0. The monoisotopic (exact) mass is 352 g/mol. The molecule has 0 spiro atoms. The van der Waals surface area contributed by atoms with Crippen molar-refractivity contribution in [1.29, 1.82) is 0 Å². The van der Waals surface area contributed by atoms with Gasteiger partial charge in [0.15, 0.2) is 15.3 Å². The lowest BCUT2D eigenvalue weighted by molar-refractivity contribution is 0.219. The van der Waals surface area contributed by atoms with E-state index in [1.165, 1.54) is 24.0 Å². The summed E-state index contributed by atoms with van der Waals surface area (Å²) < 4.78 is 31.5. The summed E-state index contributed by atoms with van der Waals surface area (Å²) in [5, 5.41) is 4.23. The van der Waals surface area contributed by atoms with Crippen LogP contribution in [0, 0.1) is 0 Å². The van der Waals surface area contributed by atoms with Gasteiger partial charge in [0.1, 0.15) is 12.4 Å². The molecule has 0 fully saturated rings. The quantitative estimate of drug-likeness (QED) is 0.794. The molecule has 2 aromatic rings. The van der Waals surface area contributed by atoms with Gasteiger partial charge in [0, 0.05) is 45.4 Å². The predicted molar refractivity (Wildman–Crippen MR) is 91.2 cm³/mol. The highest BCUT2D eigenvalue weighted by Crippen LogP contribution is 2.29. The Morgan fingerprint density at radius 1 is 1.39 bits per heavy atom. The molecule has 5 nitrogen and oxygen atoms in total. The number of benzene rings is 1. The molecule has 0 N–H and O–H groups in total. The van der Waals surface area contributed by atoms with Gasteiger partial charge in [-0.3, -0.25) is 4.90 Å². The second-order valence-corrected chi connectivity index (χ2v) is 8.68. The van der Waals surface area contributed by atoms with E-state index in [-0.39, 0.29) is 4.90 Å². The maximum absolute atomic E-state index is 12.2. The number of hydrogen-bond donors (Lipinski definition) is 0. The summed E-state index contributed by atoms with van der Waals surface area (Å²) in [4.78, 5) is 2.58. The molecule has 1 aliphatic rings. The number of rotatable bonds is 4. The van der Waals surface area contributed by atoms with Crippen LogP contribution in [0.2, 0.25) is 0 Å². The first-order valence-electron chi connectivity index (χ1n) is 7.38. The van der Waals surface area contributed by atoms with E-state index in [9.17, 15) is 8.76 Å². The lowest BCUT2D eigenvalue weighted by Crippen LogP contribution is -2.29. The molecule has 23 heavy (non-hydrogen) atoms. The van der Waals surface area contributed by atoms with Gasteiger partial charge in [-0.25, -0.2) is 0 Å². The molecule has 0 amide bonds. The molecule has 1 aliphatic heterocycles. The van der Waals surface area contributed by atoms with Crippen LogP contribution in [0.15, 0.2) is 39.9 Å². The summed E-state index contributed by atoms with van der Waals surface area (Å²) in [6, 6.07) is 7.28. The van der Waals surface area contributed by atoms with Crippen molar-refractivity contribution in [3.05, 3.63) is 46.2 Å². The first-order valence-corrected chi connectivity index (χ1v) is 9.77. The average Bonchev–Trinajstić information content (AvgIpc) is 2.92. The Balaban J connectivity index is 1.82. The molecule has 0 radical (unpaired) electrons. The minimum atomic E-state index is -3.44. The van der Waals surface area contributed by atoms with E-state index in [4.69, 9.17) is 4.74 Å². The molecular formula is C16H20N2O3S2. The smallest absolute Gasteiger partial charge is 0.179 e. The first kappa shape index (κ1) is 16.6. The van der Waals surface area contributed by atoms with Gasteiger partial charge >= 0.3 is 0 Å². The Hall–Kier alpha value is -1.25. The fourth-order valence-electron chi connectivity index (χ4n) is 2.55. The standard InChI is InChI=1S/C16H20N2O3S2/c1-17(2)23(19,20)15-4-3-14-11-18(6-7-21-16(14)9-15)10-13-5-8-22-12-13/h3-5,8-9,12H,6-7,10-11H2,1-2H3. The highest BCUT2D eigenvalue weighted by Gasteiger charge is 2.26. The van der Waals surface area contributed by atoms with Crippen molar-refractivity contribution in [3.8, 4) is 5.75 Å². The number of nitrogens with zero attached hydrogens (tertiary/aromatic N) is 2. The Labute approximate surface area is 141 Å². The van der Waals surface area contributed by atoms with Crippen molar-refractivity contribution in [1.82, 2.24) is 9.21 Å². The molecule has 1 aromatic heterocycles. The van der Waals surface area contributed by atoms with Crippen LogP contribution < -0.4 is 4.74 Å². The minimum absolute atomic E-state index is 0.271. The van der Waals surface area contributed by atoms with Crippen molar-refractivity contribution in [2.75, 3.05) is 27.2 Å². The Kier molecular flexibility index (Phi) is 4.84. The molecule has 1 atom stereocenters. The molecule has 0 saturated carbocycles. The largest absolute Gasteiger partial charge is 0.593 e. The van der Waals surface area contributed by atoms with Crippen LogP contribution in [0.4, 0.5) is 0 Å². The van der Waals surface area contributed by atoms with Crippen LogP contribution in [-0.2, 0) is 27.7 Å². The van der Waals surface area contributed by atoms with Crippen LogP contribution in [-0.4, -0.2) is 41.0 Å². The zero-order valence-corrected chi connectivity index (χ0v) is 14.9. The van der Waals surface area contributed by atoms with Crippen LogP contribution in [0.25, 0.3) is 0 Å². The first-order chi connectivity index (χ1) is 11.0. The molecule has 0 bridgehead atoms. The molecule has 0 aliphatic carbocycles. The predicted octanol–water partition coefficient (Wildman–Crippen LogP) is 2.61. The van der Waals surface area contributed by atoms with Gasteiger partial charge in [0.2, 0.25) is 0 Å². The second-order valence-electron chi connectivity index (χ2n) is 5.75. The number of ether oxygens (including phenoxy) is 1. The van der Waals surface area contributed by atoms with Gasteiger partial charge in [-0.2, -0.15) is 11.3 Å². The molecular weight excluding hydrogens is 332 g/mol. The SMILES string of the molecule is CN(C)[S+](=O)([O-])c1ccc2c(c1)OCCN(Cc1ccsc1)C2. The third-order valence-corrected chi connectivity index (χ3v) is 6.41. The second kappa shape index (κ2) is 6.70. The van der Waals surface area contributed by atoms with E-state index in [0.29, 0.717) is 12.4 Å². The van der Waals surface area contributed by atoms with Gasteiger partial charge in [-0.15, -0.1) is 4.31 Å². The number of fused-ring (bicyclic) bond motifs is 1. The number of hydrogen-bond acceptors (Lipinski definition) is 5. The molecule has 1 unspecified atom stereocenters. The third kappa shape index (κ3) is 3.64. The lowest BCUT2D eigenvalue weighted by atomic mass is 10.2. The maximum Gasteiger partial charge on any atom is 0.179 e. The Morgan fingerprint density at radius 3 is 2.91 bits per heavy atom. The minimum Gasteiger partial charge on any atom is -0.593 e. The van der Waals surface area contributed by atoms with Crippen LogP contribution in [0.5, 0.6) is 5.75 Å². The van der Waals surface area contributed by atoms with Gasteiger partial charge in [-0.1, -0.05) is 4.21 Å². The van der Waals surface area contributed by atoms with Crippen molar-refractivity contribution in [2.45, 2.75) is 18.0 Å². The van der Waals surface area contributed by atoms with E-state index in [0.717, 1.165) is 25.2 Å². The number of sulfonamides is 1. The summed E-state index contributed by atoms with van der Waals surface area (Å²) in [5.74, 6) is 0.667. The maximum atomic E-state index is 12.2. The molecule has 2 heterocycles. The summed E-state index contributed by atoms with van der Waals surface area (Å²) in [7, 11) is -0.371. The highest BCUT2D eigenvalue weighted by atomic mass is 32.3. The van der Waals surface area contributed by atoms with E-state index in [1.54, 1.807) is 23.5 Å². The van der Waals surface area contributed by atoms with Gasteiger partial charge in [-0.05, 0) is 34.5 Å². The number of thiophene rings is 1. The van der Waals surface area contributed by atoms with Crippen LogP contribution >= 0.6 is 11.3 Å². The van der Waals surface area contributed by atoms with Gasteiger partial charge in [0.25, 0.3) is 0 Å². The van der Waals surface area contributed by atoms with Crippen molar-refractivity contribution >= 4 is 21.7 Å². The lowest BCUT2D eigenvalue weighted by Gasteiger charge is -2.21. The van der Waals surface area contributed by atoms with E-state index in [2.05, 4.69) is 21.7 Å². The molecule has 1 aromatic carbocycles.